The number of imide groups is 1. The molecule has 0 aliphatic carbocycles. The summed E-state index contributed by atoms with van der Waals surface area (Å²) in [6, 6.07) is 23.9. The molecule has 156 valence electrons. The number of nitrogens with zero attached hydrogens (tertiary/aromatic N) is 2. The number of benzene rings is 3. The maximum Gasteiger partial charge on any atom is 0.261 e. The van der Waals surface area contributed by atoms with E-state index in [0.717, 1.165) is 25.2 Å². The van der Waals surface area contributed by atoms with E-state index in [-0.39, 0.29) is 29.5 Å². The van der Waals surface area contributed by atoms with Crippen molar-refractivity contribution in [2.24, 2.45) is 5.92 Å². The lowest BCUT2D eigenvalue weighted by Gasteiger charge is -2.23. The maximum atomic E-state index is 13.5. The number of fused-ring (bicyclic) bond motifs is 1. The summed E-state index contributed by atoms with van der Waals surface area (Å²) in [6.45, 7) is 2.73. The van der Waals surface area contributed by atoms with E-state index in [4.69, 9.17) is 0 Å². The van der Waals surface area contributed by atoms with Crippen LogP contribution in [0.3, 0.4) is 0 Å². The van der Waals surface area contributed by atoms with Crippen molar-refractivity contribution in [3.8, 4) is 0 Å². The minimum absolute atomic E-state index is 0.0800. The Morgan fingerprint density at radius 3 is 2.03 bits per heavy atom. The zero-order valence-electron chi connectivity index (χ0n) is 17.1. The minimum Gasteiger partial charge on any atom is -0.298 e. The van der Waals surface area contributed by atoms with Gasteiger partial charge in [0, 0.05) is 32.1 Å². The molecule has 0 spiro atoms. The van der Waals surface area contributed by atoms with E-state index in [9.17, 15) is 14.0 Å². The first-order valence-corrected chi connectivity index (χ1v) is 10.6. The topological polar surface area (TPSA) is 40.6 Å². The lowest BCUT2D eigenvalue weighted by Crippen LogP contribution is -2.36. The normalized spacial score (nSPS) is 21.0. The summed E-state index contributed by atoms with van der Waals surface area (Å²) >= 11 is 0. The van der Waals surface area contributed by atoms with Gasteiger partial charge in [0.15, 0.2) is 0 Å². The van der Waals surface area contributed by atoms with Crippen LogP contribution in [-0.2, 0) is 6.54 Å². The van der Waals surface area contributed by atoms with Crippen molar-refractivity contribution >= 4 is 11.8 Å². The highest BCUT2D eigenvalue weighted by atomic mass is 19.1. The average Bonchev–Trinajstić information content (AvgIpc) is 3.29. The van der Waals surface area contributed by atoms with Gasteiger partial charge in [0.25, 0.3) is 11.8 Å². The van der Waals surface area contributed by atoms with E-state index < -0.39 is 0 Å². The van der Waals surface area contributed by atoms with Crippen LogP contribution >= 0.6 is 0 Å². The van der Waals surface area contributed by atoms with E-state index >= 15 is 0 Å². The van der Waals surface area contributed by atoms with Crippen LogP contribution < -0.4 is 0 Å². The number of carbonyl (C=O) groups is 2. The molecule has 0 unspecified atom stereocenters. The summed E-state index contributed by atoms with van der Waals surface area (Å²) < 4.78 is 13.5. The molecule has 31 heavy (non-hydrogen) atoms. The van der Waals surface area contributed by atoms with Gasteiger partial charge < -0.3 is 0 Å². The Balaban J connectivity index is 1.40. The summed E-state index contributed by atoms with van der Waals surface area (Å²) in [6.07, 6.45) is 0. The first kappa shape index (κ1) is 19.6. The van der Waals surface area contributed by atoms with E-state index in [0.29, 0.717) is 17.7 Å². The fraction of sp³-hybridized carbons (Fsp3) is 0.231. The summed E-state index contributed by atoms with van der Waals surface area (Å²) in [5, 5.41) is 0. The average molecular weight is 414 g/mol. The highest BCUT2D eigenvalue weighted by Gasteiger charge is 2.41. The van der Waals surface area contributed by atoms with E-state index in [2.05, 4.69) is 17.0 Å². The van der Waals surface area contributed by atoms with Gasteiger partial charge >= 0.3 is 0 Å². The van der Waals surface area contributed by atoms with Crippen LogP contribution in [0.5, 0.6) is 0 Å². The van der Waals surface area contributed by atoms with Crippen molar-refractivity contribution in [3.05, 3.63) is 107 Å². The Bertz CT molecular complexity index is 1080. The molecule has 1 saturated heterocycles. The maximum absolute atomic E-state index is 13.5. The molecule has 3 aromatic carbocycles. The van der Waals surface area contributed by atoms with Crippen LogP contribution in [0.2, 0.25) is 0 Å². The third-order valence-electron chi connectivity index (χ3n) is 6.36. The SMILES string of the molecule is O=C1c2ccccc2C(=O)N1C[C@@H]1CN(Cc2ccccc2)C[C@H]1c1ccc(F)cc1. The predicted octanol–water partition coefficient (Wildman–Crippen LogP) is 4.34. The second kappa shape index (κ2) is 8.08. The van der Waals surface area contributed by atoms with Gasteiger partial charge in [0.05, 0.1) is 11.1 Å². The van der Waals surface area contributed by atoms with Crippen molar-refractivity contribution in [1.82, 2.24) is 9.80 Å². The van der Waals surface area contributed by atoms with Crippen LogP contribution in [0.4, 0.5) is 4.39 Å². The third-order valence-corrected chi connectivity index (χ3v) is 6.36. The fourth-order valence-corrected chi connectivity index (χ4v) is 4.84. The van der Waals surface area contributed by atoms with Crippen LogP contribution in [0.1, 0.15) is 37.8 Å². The van der Waals surface area contributed by atoms with Crippen LogP contribution in [0.15, 0.2) is 78.9 Å². The lowest BCUT2D eigenvalue weighted by atomic mass is 9.88. The third kappa shape index (κ3) is 3.77. The van der Waals surface area contributed by atoms with E-state index in [1.807, 2.05) is 30.3 Å². The molecule has 0 aromatic heterocycles. The van der Waals surface area contributed by atoms with Crippen molar-refractivity contribution in [2.75, 3.05) is 19.6 Å². The number of likely N-dealkylation sites (tertiary alicyclic amines) is 1. The van der Waals surface area contributed by atoms with Gasteiger partial charge in [-0.2, -0.15) is 0 Å². The smallest absolute Gasteiger partial charge is 0.261 e. The van der Waals surface area contributed by atoms with Gasteiger partial charge in [0.1, 0.15) is 5.82 Å². The molecule has 5 heteroatoms. The van der Waals surface area contributed by atoms with Crippen LogP contribution in [-0.4, -0.2) is 41.2 Å². The summed E-state index contributed by atoms with van der Waals surface area (Å²) in [5.74, 6) is -0.510. The molecule has 5 rings (SSSR count). The van der Waals surface area contributed by atoms with Crippen molar-refractivity contribution < 1.29 is 14.0 Å². The molecule has 1 fully saturated rings. The van der Waals surface area contributed by atoms with Crippen LogP contribution in [0, 0.1) is 11.7 Å². The predicted molar refractivity (Wildman–Crippen MR) is 116 cm³/mol. The molecule has 0 bridgehead atoms. The number of amides is 2. The summed E-state index contributed by atoms with van der Waals surface area (Å²) in [7, 11) is 0. The molecule has 3 aromatic rings. The summed E-state index contributed by atoms with van der Waals surface area (Å²) in [5.41, 5.74) is 3.22. The highest BCUT2D eigenvalue weighted by Crippen LogP contribution is 2.36. The summed E-state index contributed by atoms with van der Waals surface area (Å²) in [4.78, 5) is 29.5. The number of hydrogen-bond donors (Lipinski definition) is 0. The van der Waals surface area contributed by atoms with Crippen molar-refractivity contribution in [2.45, 2.75) is 12.5 Å². The number of carbonyl (C=O) groups excluding carboxylic acids is 2. The van der Waals surface area contributed by atoms with Gasteiger partial charge in [0.2, 0.25) is 0 Å². The van der Waals surface area contributed by atoms with Gasteiger partial charge in [-0.1, -0.05) is 54.6 Å². The Morgan fingerprint density at radius 1 is 0.774 bits per heavy atom. The molecule has 2 atom stereocenters. The molecule has 0 saturated carbocycles. The Kier molecular flexibility index (Phi) is 5.12. The second-order valence-electron chi connectivity index (χ2n) is 8.36. The number of hydrogen-bond acceptors (Lipinski definition) is 3. The van der Waals surface area contributed by atoms with Crippen molar-refractivity contribution in [1.29, 1.82) is 0 Å². The second-order valence-corrected chi connectivity index (χ2v) is 8.36. The monoisotopic (exact) mass is 414 g/mol. The quantitative estimate of drug-likeness (QED) is 0.584. The fourth-order valence-electron chi connectivity index (χ4n) is 4.84. The molecule has 0 radical (unpaired) electrons. The minimum atomic E-state index is -0.264. The van der Waals surface area contributed by atoms with Crippen molar-refractivity contribution in [3.63, 3.8) is 0 Å². The number of rotatable bonds is 5. The standard InChI is InChI=1S/C26H23FN2O2/c27-21-12-10-19(11-13-21)24-17-28(14-18-6-2-1-3-7-18)15-20(24)16-29-25(30)22-8-4-5-9-23(22)26(29)31/h1-13,20,24H,14-17H2/t20-,24-/m0/s1. The van der Waals surface area contributed by atoms with E-state index in [1.54, 1.807) is 24.3 Å². The molecule has 2 aliphatic heterocycles. The Hall–Kier alpha value is -3.31. The van der Waals surface area contributed by atoms with Gasteiger partial charge in [-0.05, 0) is 41.3 Å². The van der Waals surface area contributed by atoms with E-state index in [1.165, 1.54) is 22.6 Å². The molecule has 2 aliphatic rings. The van der Waals surface area contributed by atoms with Crippen LogP contribution in [0.25, 0.3) is 0 Å². The highest BCUT2D eigenvalue weighted by molar-refractivity contribution is 6.21. The molecule has 0 N–H and O–H groups in total. The zero-order valence-corrected chi connectivity index (χ0v) is 17.1. The molecule has 2 amide bonds. The zero-order chi connectivity index (χ0) is 21.4. The number of halogens is 1. The first-order valence-electron chi connectivity index (χ1n) is 10.6. The van der Waals surface area contributed by atoms with Gasteiger partial charge in [-0.25, -0.2) is 4.39 Å². The Labute approximate surface area is 180 Å². The van der Waals surface area contributed by atoms with Gasteiger partial charge in [-0.15, -0.1) is 0 Å². The molecule has 4 nitrogen and oxygen atoms in total. The molecular formula is C26H23FN2O2. The van der Waals surface area contributed by atoms with Gasteiger partial charge in [-0.3, -0.25) is 19.4 Å². The Morgan fingerprint density at radius 2 is 1.39 bits per heavy atom. The molecule has 2 heterocycles. The first-order chi connectivity index (χ1) is 15.1. The largest absolute Gasteiger partial charge is 0.298 e. The lowest BCUT2D eigenvalue weighted by molar-refractivity contribution is 0.0626. The molecular weight excluding hydrogens is 391 g/mol.